The number of nitrogens with zero attached hydrogens (tertiary/aromatic N) is 4. The van der Waals surface area contributed by atoms with Crippen molar-refractivity contribution in [2.45, 2.75) is 32.7 Å². The van der Waals surface area contributed by atoms with Crippen LogP contribution in [-0.2, 0) is 11.3 Å². The Kier molecular flexibility index (Phi) is 3.41. The number of hydrogen-bond donors (Lipinski definition) is 1. The molecule has 1 aromatic carbocycles. The Morgan fingerprint density at radius 3 is 2.81 bits per heavy atom. The minimum absolute atomic E-state index is 0.273. The van der Waals surface area contributed by atoms with Crippen molar-refractivity contribution in [1.29, 1.82) is 0 Å². The van der Waals surface area contributed by atoms with Crippen LogP contribution in [0, 0.1) is 12.3 Å². The number of aryl methyl sites for hydroxylation is 1. The van der Waals surface area contributed by atoms with Crippen molar-refractivity contribution in [3.8, 4) is 11.4 Å². The highest BCUT2D eigenvalue weighted by atomic mass is 35.5. The topological polar surface area (TPSA) is 80.9 Å². The van der Waals surface area contributed by atoms with E-state index in [0.29, 0.717) is 29.3 Å². The van der Waals surface area contributed by atoms with Crippen LogP contribution >= 0.6 is 11.6 Å². The Bertz CT molecular complexity index is 694. The summed E-state index contributed by atoms with van der Waals surface area (Å²) < 4.78 is 1.55. The highest BCUT2D eigenvalue weighted by Crippen LogP contribution is 2.43. The second kappa shape index (κ2) is 5.11. The van der Waals surface area contributed by atoms with Crippen LogP contribution in [0.4, 0.5) is 0 Å². The van der Waals surface area contributed by atoms with Gasteiger partial charge in [-0.05, 0) is 47.9 Å². The largest absolute Gasteiger partial charge is 0.481 e. The lowest BCUT2D eigenvalue weighted by Gasteiger charge is -2.37. The molecule has 1 fully saturated rings. The molecule has 1 aliphatic carbocycles. The summed E-state index contributed by atoms with van der Waals surface area (Å²) in [4.78, 5) is 11.5. The molecule has 2 aromatic rings. The number of hydrogen-bond acceptors (Lipinski definition) is 4. The molecule has 1 saturated carbocycles. The van der Waals surface area contributed by atoms with Crippen LogP contribution in [0.15, 0.2) is 18.2 Å². The number of tetrazole rings is 1. The van der Waals surface area contributed by atoms with E-state index in [4.69, 9.17) is 11.6 Å². The van der Waals surface area contributed by atoms with Gasteiger partial charge in [-0.2, -0.15) is 0 Å². The Labute approximate surface area is 126 Å². The lowest BCUT2D eigenvalue weighted by molar-refractivity contribution is -0.156. The molecule has 0 radical (unpaired) electrons. The van der Waals surface area contributed by atoms with Crippen molar-refractivity contribution in [3.05, 3.63) is 28.8 Å². The van der Waals surface area contributed by atoms with Crippen LogP contribution < -0.4 is 0 Å². The van der Waals surface area contributed by atoms with Crippen molar-refractivity contribution in [2.75, 3.05) is 0 Å². The number of aliphatic carboxylic acids is 1. The molecule has 0 aliphatic heterocycles. The maximum Gasteiger partial charge on any atom is 0.311 e. The number of carbonyl (C=O) groups is 1. The Morgan fingerprint density at radius 2 is 2.24 bits per heavy atom. The van der Waals surface area contributed by atoms with Crippen LogP contribution in [0.5, 0.6) is 0 Å². The zero-order valence-corrected chi connectivity index (χ0v) is 12.3. The minimum atomic E-state index is -0.787. The Balaban J connectivity index is 1.96. The maximum atomic E-state index is 11.5. The van der Waals surface area contributed by atoms with E-state index in [2.05, 4.69) is 15.5 Å². The standard InChI is InChI=1S/C14H15ClN4O2/c1-9-3-4-10(11(15)7-9)12-16-17-18-19(12)8-14(13(20)21)5-2-6-14/h3-4,7H,2,5-6,8H2,1H3,(H,20,21). The van der Waals surface area contributed by atoms with E-state index in [1.807, 2.05) is 25.1 Å². The van der Waals surface area contributed by atoms with Gasteiger partial charge in [-0.1, -0.05) is 24.1 Å². The fraction of sp³-hybridized carbons (Fsp3) is 0.429. The molecule has 110 valence electrons. The molecule has 0 bridgehead atoms. The molecule has 1 aliphatic rings. The molecule has 1 N–H and O–H groups in total. The lowest BCUT2D eigenvalue weighted by Crippen LogP contribution is -2.42. The second-order valence-electron chi connectivity index (χ2n) is 5.58. The van der Waals surface area contributed by atoms with E-state index < -0.39 is 11.4 Å². The summed E-state index contributed by atoms with van der Waals surface area (Å²) in [6.45, 7) is 2.22. The average Bonchev–Trinajstić information content (AvgIpc) is 2.81. The smallest absolute Gasteiger partial charge is 0.311 e. The van der Waals surface area contributed by atoms with E-state index in [0.717, 1.165) is 12.0 Å². The lowest BCUT2D eigenvalue weighted by atomic mass is 9.69. The fourth-order valence-electron chi connectivity index (χ4n) is 2.64. The SMILES string of the molecule is Cc1ccc(-c2nnnn2CC2(C(=O)O)CCC2)c(Cl)c1. The van der Waals surface area contributed by atoms with E-state index in [9.17, 15) is 9.90 Å². The molecule has 0 saturated heterocycles. The molecular formula is C14H15ClN4O2. The summed E-state index contributed by atoms with van der Waals surface area (Å²) in [5.74, 6) is -0.280. The van der Waals surface area contributed by atoms with E-state index in [1.165, 1.54) is 0 Å². The van der Waals surface area contributed by atoms with Crippen molar-refractivity contribution < 1.29 is 9.90 Å². The Hall–Kier alpha value is -1.95. The second-order valence-corrected chi connectivity index (χ2v) is 5.99. The predicted octanol–water partition coefficient (Wildman–Crippen LogP) is 2.56. The van der Waals surface area contributed by atoms with Crippen LogP contribution in [0.25, 0.3) is 11.4 Å². The highest BCUT2D eigenvalue weighted by molar-refractivity contribution is 6.33. The summed E-state index contributed by atoms with van der Waals surface area (Å²) in [5.41, 5.74) is 1.01. The molecule has 1 aromatic heterocycles. The summed E-state index contributed by atoms with van der Waals surface area (Å²) >= 11 is 6.25. The summed E-state index contributed by atoms with van der Waals surface area (Å²) in [6.07, 6.45) is 2.24. The van der Waals surface area contributed by atoms with Crippen LogP contribution in [0.3, 0.4) is 0 Å². The first kappa shape index (κ1) is 14.0. The number of rotatable bonds is 4. The Morgan fingerprint density at radius 1 is 1.48 bits per heavy atom. The number of carboxylic acids is 1. The van der Waals surface area contributed by atoms with Gasteiger partial charge in [0.1, 0.15) is 0 Å². The van der Waals surface area contributed by atoms with Crippen molar-refractivity contribution in [2.24, 2.45) is 5.41 Å². The minimum Gasteiger partial charge on any atom is -0.481 e. The molecule has 0 unspecified atom stereocenters. The normalized spacial score (nSPS) is 16.5. The van der Waals surface area contributed by atoms with Crippen molar-refractivity contribution in [3.63, 3.8) is 0 Å². The number of carboxylic acid groups (broad SMARTS) is 1. The van der Waals surface area contributed by atoms with Crippen molar-refractivity contribution in [1.82, 2.24) is 20.2 Å². The van der Waals surface area contributed by atoms with Gasteiger partial charge in [0.25, 0.3) is 0 Å². The van der Waals surface area contributed by atoms with Crippen LogP contribution in [0.2, 0.25) is 5.02 Å². The number of benzene rings is 1. The van der Waals surface area contributed by atoms with Gasteiger partial charge < -0.3 is 5.11 Å². The first-order valence-corrected chi connectivity index (χ1v) is 7.16. The third-order valence-electron chi connectivity index (χ3n) is 4.11. The molecule has 0 spiro atoms. The monoisotopic (exact) mass is 306 g/mol. The quantitative estimate of drug-likeness (QED) is 0.939. The van der Waals surface area contributed by atoms with Gasteiger partial charge in [-0.25, -0.2) is 4.68 Å². The molecule has 7 heteroatoms. The maximum absolute atomic E-state index is 11.5. The van der Waals surface area contributed by atoms with Gasteiger partial charge in [0.05, 0.1) is 17.0 Å². The molecule has 0 amide bonds. The third kappa shape index (κ3) is 2.40. The zero-order chi connectivity index (χ0) is 15.0. The highest BCUT2D eigenvalue weighted by Gasteiger charge is 2.45. The molecule has 0 atom stereocenters. The number of aromatic nitrogens is 4. The zero-order valence-electron chi connectivity index (χ0n) is 11.6. The van der Waals surface area contributed by atoms with E-state index >= 15 is 0 Å². The summed E-state index contributed by atoms with van der Waals surface area (Å²) in [5, 5.41) is 21.6. The average molecular weight is 307 g/mol. The van der Waals surface area contributed by atoms with Crippen LogP contribution in [-0.4, -0.2) is 31.3 Å². The first-order valence-electron chi connectivity index (χ1n) is 6.78. The van der Waals surface area contributed by atoms with E-state index in [-0.39, 0.29) is 6.54 Å². The van der Waals surface area contributed by atoms with E-state index in [1.54, 1.807) is 4.68 Å². The fourth-order valence-corrected chi connectivity index (χ4v) is 2.95. The van der Waals surface area contributed by atoms with Gasteiger partial charge in [0.2, 0.25) is 0 Å². The van der Waals surface area contributed by atoms with Gasteiger partial charge in [0.15, 0.2) is 5.82 Å². The molecular weight excluding hydrogens is 292 g/mol. The molecule has 3 rings (SSSR count). The predicted molar refractivity (Wildman–Crippen MR) is 76.9 cm³/mol. The molecule has 6 nitrogen and oxygen atoms in total. The summed E-state index contributed by atoms with van der Waals surface area (Å²) in [7, 11) is 0. The third-order valence-corrected chi connectivity index (χ3v) is 4.43. The first-order chi connectivity index (χ1) is 10.0. The summed E-state index contributed by atoms with van der Waals surface area (Å²) in [6, 6.07) is 5.62. The van der Waals surface area contributed by atoms with Gasteiger partial charge in [-0.15, -0.1) is 5.10 Å². The van der Waals surface area contributed by atoms with Gasteiger partial charge in [0, 0.05) is 5.56 Å². The van der Waals surface area contributed by atoms with Crippen LogP contribution in [0.1, 0.15) is 24.8 Å². The van der Waals surface area contributed by atoms with Crippen molar-refractivity contribution >= 4 is 17.6 Å². The van der Waals surface area contributed by atoms with Gasteiger partial charge >= 0.3 is 5.97 Å². The molecule has 1 heterocycles. The van der Waals surface area contributed by atoms with Gasteiger partial charge in [-0.3, -0.25) is 4.79 Å². The molecule has 21 heavy (non-hydrogen) atoms. The number of halogens is 1.